The molecule has 1 saturated heterocycles. The first-order chi connectivity index (χ1) is 28.9. The molecule has 0 aliphatic carbocycles. The first-order valence-corrected chi connectivity index (χ1v) is 24.5. The summed E-state index contributed by atoms with van der Waals surface area (Å²) in [5.41, 5.74) is 0.697. The molecule has 1 aliphatic heterocycles. The van der Waals surface area contributed by atoms with Crippen LogP contribution in [0.2, 0.25) is 0 Å². The van der Waals surface area contributed by atoms with E-state index >= 15 is 0 Å². The fraction of sp³-hybridized carbons (Fsp3) is 0.756. The third-order valence-corrected chi connectivity index (χ3v) is 14.4. The van der Waals surface area contributed by atoms with Crippen LogP contribution in [0, 0.1) is 23.7 Å². The van der Waals surface area contributed by atoms with Gasteiger partial charge in [-0.1, -0.05) is 114 Å². The lowest BCUT2D eigenvalue weighted by Crippen LogP contribution is -2.60. The second-order valence-corrected chi connectivity index (χ2v) is 19.7. The van der Waals surface area contributed by atoms with E-state index in [1.807, 2.05) is 71.9 Å². The molecule has 2 rings (SSSR count). The maximum absolute atomic E-state index is 14.5. The Bertz CT molecular complexity index is 1510. The van der Waals surface area contributed by atoms with Gasteiger partial charge in [0, 0.05) is 46.4 Å². The third kappa shape index (κ3) is 15.6. The smallest absolute Gasteiger partial charge is 0.410 e. The number of nitrogens with zero attached hydrogens (tertiary/aromatic N) is 3. The molecule has 5 amide bonds. The Morgan fingerprint density at radius 2 is 1.51 bits per heavy atom. The van der Waals surface area contributed by atoms with Gasteiger partial charge in [0.1, 0.15) is 18.7 Å². The fourth-order valence-electron chi connectivity index (χ4n) is 8.16. The van der Waals surface area contributed by atoms with Crippen LogP contribution in [-0.4, -0.2) is 145 Å². The van der Waals surface area contributed by atoms with E-state index in [2.05, 4.69) is 17.6 Å². The maximum Gasteiger partial charge on any atom is 0.410 e. The molecule has 0 saturated carbocycles. The lowest BCUT2D eigenvalue weighted by Gasteiger charge is -2.41. The molecular weight excluding hydrogens is 819 g/mol. The second kappa shape index (κ2) is 27.2. The topological polar surface area (TPSA) is 167 Å². The summed E-state index contributed by atoms with van der Waals surface area (Å²) in [6.07, 6.45) is 0.312. The Morgan fingerprint density at radius 1 is 0.869 bits per heavy atom. The quantitative estimate of drug-likeness (QED) is 0.0719. The number of aliphatic hydroxyl groups is 1. The molecule has 1 aromatic rings. The number of likely N-dealkylation sites (tertiary alicyclic amines) is 1. The summed E-state index contributed by atoms with van der Waals surface area (Å²) in [5.74, 6) is -0.897. The van der Waals surface area contributed by atoms with Crippen LogP contribution in [0.3, 0.4) is 0 Å². The van der Waals surface area contributed by atoms with Crippen LogP contribution in [0.5, 0.6) is 0 Å². The number of hydrogen-bond donors (Lipinski definition) is 3. The standard InChI is InChI=1S/C45H77N5O9S2/c1-14-25-60-61-26-24-59-45(56)49(11)38(29(5)6)43(54)47-37(28(3)4)44(55)48(10)39(30(7)15-2)35(57-12)27-36(51)50-23-19-22-34(50)41(58-13)31(8)42(53)46-32(9)40(52)33-20-17-16-18-21-33/h16-18,20-21,28-32,34-35,37-41,52H,14-15,19,22-27H2,1-13H3,(H,46,53)(H,47,54)/t30-,31+,32+,34-,35+,37-,38?,39?,40+,41+/m0/s1. The van der Waals surface area contributed by atoms with E-state index in [1.54, 1.807) is 59.4 Å². The van der Waals surface area contributed by atoms with E-state index in [0.29, 0.717) is 30.7 Å². The van der Waals surface area contributed by atoms with Crippen LogP contribution < -0.4 is 10.6 Å². The largest absolute Gasteiger partial charge is 0.448 e. The van der Waals surface area contributed by atoms with Crippen molar-refractivity contribution >= 4 is 51.3 Å². The van der Waals surface area contributed by atoms with Crippen molar-refractivity contribution in [2.75, 3.05) is 53.0 Å². The van der Waals surface area contributed by atoms with E-state index in [0.717, 1.165) is 18.6 Å². The number of ether oxygens (including phenoxy) is 3. The van der Waals surface area contributed by atoms with Crippen molar-refractivity contribution in [2.24, 2.45) is 23.7 Å². The number of hydrogen-bond acceptors (Lipinski definition) is 11. The second-order valence-electron chi connectivity index (χ2n) is 17.0. The first kappa shape index (κ1) is 54.1. The molecule has 348 valence electrons. The molecule has 1 aromatic carbocycles. The normalized spacial score (nSPS) is 18.6. The number of likely N-dealkylation sites (N-methyl/N-ethyl adjacent to an activating group) is 2. The minimum absolute atomic E-state index is 0.0201. The summed E-state index contributed by atoms with van der Waals surface area (Å²) in [5, 5.41) is 16.8. The number of aliphatic hydroxyl groups excluding tert-OH is 1. The molecule has 1 aliphatic rings. The van der Waals surface area contributed by atoms with Crippen molar-refractivity contribution in [1.82, 2.24) is 25.3 Å². The molecule has 14 nitrogen and oxygen atoms in total. The van der Waals surface area contributed by atoms with Crippen LogP contribution in [0.4, 0.5) is 4.79 Å². The zero-order valence-corrected chi connectivity index (χ0v) is 40.7. The molecular formula is C45H77N5O9S2. The summed E-state index contributed by atoms with van der Waals surface area (Å²) >= 11 is 0. The number of benzene rings is 1. The van der Waals surface area contributed by atoms with E-state index in [1.165, 1.54) is 19.1 Å². The summed E-state index contributed by atoms with van der Waals surface area (Å²) in [7, 11) is 9.67. The molecule has 1 fully saturated rings. The highest BCUT2D eigenvalue weighted by molar-refractivity contribution is 8.76. The lowest BCUT2D eigenvalue weighted by atomic mass is 9.89. The summed E-state index contributed by atoms with van der Waals surface area (Å²) in [6.45, 7) is 17.8. The minimum Gasteiger partial charge on any atom is -0.448 e. The molecule has 16 heteroatoms. The Kier molecular flexibility index (Phi) is 24.1. The zero-order chi connectivity index (χ0) is 46.0. The molecule has 0 aromatic heterocycles. The monoisotopic (exact) mass is 896 g/mol. The van der Waals surface area contributed by atoms with E-state index in [-0.39, 0.29) is 54.5 Å². The number of amides is 5. The number of rotatable bonds is 26. The Labute approximate surface area is 374 Å². The zero-order valence-electron chi connectivity index (χ0n) is 39.1. The Morgan fingerprint density at radius 3 is 2.07 bits per heavy atom. The summed E-state index contributed by atoms with van der Waals surface area (Å²) in [6, 6.07) is 5.88. The lowest BCUT2D eigenvalue weighted by molar-refractivity contribution is -0.148. The molecule has 0 bridgehead atoms. The predicted molar refractivity (Wildman–Crippen MR) is 245 cm³/mol. The van der Waals surface area contributed by atoms with Gasteiger partial charge in [-0.25, -0.2) is 4.79 Å². The molecule has 0 spiro atoms. The predicted octanol–water partition coefficient (Wildman–Crippen LogP) is 6.17. The molecule has 10 atom stereocenters. The van der Waals surface area contributed by atoms with Crippen LogP contribution in [0.1, 0.15) is 106 Å². The van der Waals surface area contributed by atoms with Gasteiger partial charge in [-0.15, -0.1) is 0 Å². The fourth-order valence-corrected chi connectivity index (χ4v) is 10.1. The van der Waals surface area contributed by atoms with Gasteiger partial charge in [0.2, 0.25) is 23.6 Å². The van der Waals surface area contributed by atoms with Gasteiger partial charge in [-0.05, 0) is 49.5 Å². The Hall–Kier alpha value is -3.05. The first-order valence-electron chi connectivity index (χ1n) is 22.0. The number of nitrogens with one attached hydrogen (secondary N) is 2. The molecule has 1 heterocycles. The average Bonchev–Trinajstić information content (AvgIpc) is 3.72. The highest BCUT2D eigenvalue weighted by atomic mass is 33.1. The molecule has 61 heavy (non-hydrogen) atoms. The van der Waals surface area contributed by atoms with Crippen LogP contribution in [0.15, 0.2) is 30.3 Å². The molecule has 3 N–H and O–H groups in total. The number of carbonyl (C=O) groups excluding carboxylic acids is 5. The van der Waals surface area contributed by atoms with Gasteiger partial charge >= 0.3 is 6.09 Å². The van der Waals surface area contributed by atoms with Crippen molar-refractivity contribution in [3.05, 3.63) is 35.9 Å². The maximum atomic E-state index is 14.5. The van der Waals surface area contributed by atoms with Gasteiger partial charge in [0.15, 0.2) is 0 Å². The Balaban J connectivity index is 2.23. The van der Waals surface area contributed by atoms with Gasteiger partial charge in [-0.2, -0.15) is 0 Å². The van der Waals surface area contributed by atoms with Crippen molar-refractivity contribution < 1.29 is 43.3 Å². The average molecular weight is 896 g/mol. The van der Waals surface area contributed by atoms with Gasteiger partial charge in [0.05, 0.1) is 48.8 Å². The van der Waals surface area contributed by atoms with E-state index in [4.69, 9.17) is 14.2 Å². The van der Waals surface area contributed by atoms with E-state index < -0.39 is 60.4 Å². The van der Waals surface area contributed by atoms with Gasteiger partial charge < -0.3 is 39.8 Å². The van der Waals surface area contributed by atoms with Crippen LogP contribution >= 0.6 is 21.6 Å². The number of methoxy groups -OCH3 is 2. The van der Waals surface area contributed by atoms with Crippen molar-refractivity contribution in [3.63, 3.8) is 0 Å². The SMILES string of the molecule is CCCSSCCOC(=O)N(C)C(C(=O)N[C@H](C(=O)N(C)C([C@@H](C)CC)[C@@H](CC(=O)N1CCC[C@H]1[C@H](OC)[C@@H](C)C(=O)N[C@H](C)[C@@H](O)c1ccccc1)OC)C(C)C)C(C)C. The third-order valence-electron chi connectivity index (χ3n) is 11.8. The minimum atomic E-state index is -0.926. The van der Waals surface area contributed by atoms with E-state index in [9.17, 15) is 29.1 Å². The summed E-state index contributed by atoms with van der Waals surface area (Å²) in [4.78, 5) is 74.0. The highest BCUT2D eigenvalue weighted by Gasteiger charge is 2.43. The van der Waals surface area contributed by atoms with Gasteiger partial charge in [-0.3, -0.25) is 24.1 Å². The number of carbonyl (C=O) groups is 5. The van der Waals surface area contributed by atoms with Crippen molar-refractivity contribution in [1.29, 1.82) is 0 Å². The molecule has 0 radical (unpaired) electrons. The highest BCUT2D eigenvalue weighted by Crippen LogP contribution is 2.30. The summed E-state index contributed by atoms with van der Waals surface area (Å²) < 4.78 is 17.5. The van der Waals surface area contributed by atoms with Crippen molar-refractivity contribution in [2.45, 2.75) is 143 Å². The van der Waals surface area contributed by atoms with Gasteiger partial charge in [0.25, 0.3) is 0 Å². The van der Waals surface area contributed by atoms with Crippen LogP contribution in [0.25, 0.3) is 0 Å². The van der Waals surface area contributed by atoms with Crippen molar-refractivity contribution in [3.8, 4) is 0 Å². The molecule has 2 unspecified atom stereocenters. The van der Waals surface area contributed by atoms with Crippen LogP contribution in [-0.2, 0) is 33.4 Å².